The van der Waals surface area contributed by atoms with Gasteiger partial charge in [0.05, 0.1) is 12.8 Å². The Morgan fingerprint density at radius 2 is 2.12 bits per heavy atom. The van der Waals surface area contributed by atoms with Crippen molar-refractivity contribution in [1.29, 1.82) is 0 Å². The summed E-state index contributed by atoms with van der Waals surface area (Å²) in [4.78, 5) is 11.8. The van der Waals surface area contributed by atoms with E-state index >= 15 is 0 Å². The van der Waals surface area contributed by atoms with E-state index in [9.17, 15) is 4.79 Å². The second kappa shape index (κ2) is 4.28. The number of rotatable bonds is 2. The second-order valence-electron chi connectivity index (χ2n) is 4.59. The quantitative estimate of drug-likeness (QED) is 0.856. The molecule has 2 rings (SSSR count). The van der Waals surface area contributed by atoms with Crippen molar-refractivity contribution in [3.63, 3.8) is 0 Å². The Hall–Kier alpha value is -1.71. The minimum Gasteiger partial charge on any atom is -0.497 e. The summed E-state index contributed by atoms with van der Waals surface area (Å²) in [5.74, 6) is 1.50. The minimum atomic E-state index is -0.422. The molecule has 1 aliphatic rings. The topological polar surface area (TPSA) is 47.6 Å². The van der Waals surface area contributed by atoms with Crippen molar-refractivity contribution >= 4 is 11.6 Å². The van der Waals surface area contributed by atoms with Crippen molar-refractivity contribution in [2.45, 2.75) is 26.9 Å². The molecule has 1 atom stereocenters. The summed E-state index contributed by atoms with van der Waals surface area (Å²) in [6.07, 6.45) is -0.422. The lowest BCUT2D eigenvalue weighted by molar-refractivity contribution is -0.125. The van der Waals surface area contributed by atoms with Crippen LogP contribution in [0.25, 0.3) is 0 Å². The van der Waals surface area contributed by atoms with E-state index in [1.54, 1.807) is 13.2 Å². The molecule has 0 aromatic heterocycles. The number of hydrogen-bond acceptors (Lipinski definition) is 3. The van der Waals surface area contributed by atoms with Gasteiger partial charge in [0, 0.05) is 6.07 Å². The van der Waals surface area contributed by atoms with E-state index in [0.29, 0.717) is 11.4 Å². The highest BCUT2D eigenvalue weighted by molar-refractivity contribution is 5.98. The highest BCUT2D eigenvalue weighted by Gasteiger charge is 2.31. The van der Waals surface area contributed by atoms with Crippen LogP contribution in [0.1, 0.15) is 19.4 Å². The molecule has 0 bridgehead atoms. The summed E-state index contributed by atoms with van der Waals surface area (Å²) in [5.41, 5.74) is 1.65. The van der Waals surface area contributed by atoms with Crippen LogP contribution in [0.15, 0.2) is 12.1 Å². The van der Waals surface area contributed by atoms with Crippen molar-refractivity contribution < 1.29 is 14.3 Å². The van der Waals surface area contributed by atoms with Crippen LogP contribution in [-0.4, -0.2) is 19.1 Å². The fourth-order valence-corrected chi connectivity index (χ4v) is 1.93. The first-order chi connectivity index (χ1) is 8.02. The molecular formula is C13H17NO3. The van der Waals surface area contributed by atoms with Gasteiger partial charge in [-0.15, -0.1) is 0 Å². The normalized spacial score (nSPS) is 18.4. The number of anilines is 1. The van der Waals surface area contributed by atoms with Gasteiger partial charge in [-0.3, -0.25) is 4.79 Å². The number of aryl methyl sites for hydroxylation is 1. The van der Waals surface area contributed by atoms with Gasteiger partial charge < -0.3 is 14.8 Å². The van der Waals surface area contributed by atoms with Crippen LogP contribution in [0.5, 0.6) is 11.5 Å². The molecule has 4 nitrogen and oxygen atoms in total. The van der Waals surface area contributed by atoms with Gasteiger partial charge >= 0.3 is 0 Å². The monoisotopic (exact) mass is 235 g/mol. The third kappa shape index (κ3) is 2.07. The van der Waals surface area contributed by atoms with Crippen LogP contribution in [0.3, 0.4) is 0 Å². The van der Waals surface area contributed by atoms with Gasteiger partial charge in [0.15, 0.2) is 6.10 Å². The Morgan fingerprint density at radius 3 is 2.71 bits per heavy atom. The maximum Gasteiger partial charge on any atom is 0.265 e. The van der Waals surface area contributed by atoms with Crippen LogP contribution in [0.2, 0.25) is 0 Å². The summed E-state index contributed by atoms with van der Waals surface area (Å²) in [6.45, 7) is 5.87. The molecule has 1 aromatic rings. The van der Waals surface area contributed by atoms with Gasteiger partial charge in [0.1, 0.15) is 11.5 Å². The number of methoxy groups -OCH3 is 1. The molecule has 4 heteroatoms. The molecule has 0 aliphatic carbocycles. The number of carbonyl (C=O) groups excluding carboxylic acids is 1. The molecule has 92 valence electrons. The molecule has 0 radical (unpaired) electrons. The largest absolute Gasteiger partial charge is 0.497 e. The predicted molar refractivity (Wildman–Crippen MR) is 65.6 cm³/mol. The lowest BCUT2D eigenvalue weighted by Gasteiger charge is -2.29. The van der Waals surface area contributed by atoms with Crippen molar-refractivity contribution in [2.75, 3.05) is 12.4 Å². The van der Waals surface area contributed by atoms with Crippen LogP contribution >= 0.6 is 0 Å². The standard InChI is InChI=1S/C13H17NO3/c1-7(2)11-13(15)14-10-6-9(16-4)5-8(3)12(10)17-11/h5-7,11H,1-4H3,(H,14,15). The number of nitrogens with one attached hydrogen (secondary N) is 1. The summed E-state index contributed by atoms with van der Waals surface area (Å²) < 4.78 is 10.9. The molecule has 1 aliphatic heterocycles. The molecule has 0 spiro atoms. The highest BCUT2D eigenvalue weighted by atomic mass is 16.5. The third-order valence-corrected chi connectivity index (χ3v) is 2.85. The van der Waals surface area contributed by atoms with Crippen molar-refractivity contribution in [3.8, 4) is 11.5 Å². The van der Waals surface area contributed by atoms with E-state index in [1.807, 2.05) is 26.8 Å². The first kappa shape index (κ1) is 11.8. The molecule has 0 fully saturated rings. The highest BCUT2D eigenvalue weighted by Crippen LogP contribution is 2.37. The molecule has 1 heterocycles. The average molecular weight is 235 g/mol. The van der Waals surface area contributed by atoms with Crippen LogP contribution in [0, 0.1) is 12.8 Å². The molecule has 0 saturated heterocycles. The number of hydrogen-bond donors (Lipinski definition) is 1. The minimum absolute atomic E-state index is 0.0971. The first-order valence-electron chi connectivity index (χ1n) is 5.69. The zero-order valence-electron chi connectivity index (χ0n) is 10.5. The van der Waals surface area contributed by atoms with Crippen LogP contribution < -0.4 is 14.8 Å². The summed E-state index contributed by atoms with van der Waals surface area (Å²) in [7, 11) is 1.60. The number of amides is 1. The molecule has 1 aromatic carbocycles. The number of benzene rings is 1. The Morgan fingerprint density at radius 1 is 1.41 bits per heavy atom. The summed E-state index contributed by atoms with van der Waals surface area (Å²) in [6, 6.07) is 3.67. The maximum atomic E-state index is 11.8. The molecule has 1 N–H and O–H groups in total. The van der Waals surface area contributed by atoms with Gasteiger partial charge in [0.2, 0.25) is 0 Å². The van der Waals surface area contributed by atoms with E-state index in [1.165, 1.54) is 0 Å². The molecular weight excluding hydrogens is 218 g/mol. The first-order valence-corrected chi connectivity index (χ1v) is 5.69. The average Bonchev–Trinajstić information content (AvgIpc) is 2.27. The third-order valence-electron chi connectivity index (χ3n) is 2.85. The van der Waals surface area contributed by atoms with Gasteiger partial charge in [-0.1, -0.05) is 13.8 Å². The summed E-state index contributed by atoms with van der Waals surface area (Å²) in [5, 5.41) is 2.86. The second-order valence-corrected chi connectivity index (χ2v) is 4.59. The van der Waals surface area contributed by atoms with Gasteiger partial charge in [0.25, 0.3) is 5.91 Å². The zero-order valence-corrected chi connectivity index (χ0v) is 10.5. The Kier molecular flexibility index (Phi) is 2.96. The van der Waals surface area contributed by atoms with E-state index in [0.717, 1.165) is 11.3 Å². The fraction of sp³-hybridized carbons (Fsp3) is 0.462. The van der Waals surface area contributed by atoms with Crippen molar-refractivity contribution in [3.05, 3.63) is 17.7 Å². The van der Waals surface area contributed by atoms with Gasteiger partial charge in [-0.05, 0) is 24.5 Å². The SMILES string of the molecule is COc1cc(C)c2c(c1)NC(=O)C(C(C)C)O2. The lowest BCUT2D eigenvalue weighted by Crippen LogP contribution is -2.40. The van der Waals surface area contributed by atoms with E-state index < -0.39 is 6.10 Å². The Labute approximate surface area is 101 Å². The van der Waals surface area contributed by atoms with Gasteiger partial charge in [-0.25, -0.2) is 0 Å². The Bertz CT molecular complexity index is 454. The fourth-order valence-electron chi connectivity index (χ4n) is 1.93. The summed E-state index contributed by atoms with van der Waals surface area (Å²) >= 11 is 0. The van der Waals surface area contributed by atoms with Gasteiger partial charge in [-0.2, -0.15) is 0 Å². The number of ether oxygens (including phenoxy) is 2. The Balaban J connectivity index is 2.41. The van der Waals surface area contributed by atoms with E-state index in [2.05, 4.69) is 5.32 Å². The lowest BCUT2D eigenvalue weighted by atomic mass is 10.0. The van der Waals surface area contributed by atoms with Crippen LogP contribution in [0.4, 0.5) is 5.69 Å². The van der Waals surface area contributed by atoms with Crippen molar-refractivity contribution in [1.82, 2.24) is 0 Å². The number of carbonyl (C=O) groups is 1. The number of fused-ring (bicyclic) bond motifs is 1. The molecule has 1 amide bonds. The predicted octanol–water partition coefficient (Wildman–Crippen LogP) is 2.36. The smallest absolute Gasteiger partial charge is 0.265 e. The molecule has 0 saturated carbocycles. The maximum absolute atomic E-state index is 11.8. The van der Waals surface area contributed by atoms with E-state index in [-0.39, 0.29) is 11.8 Å². The van der Waals surface area contributed by atoms with Crippen LogP contribution in [-0.2, 0) is 4.79 Å². The van der Waals surface area contributed by atoms with E-state index in [4.69, 9.17) is 9.47 Å². The zero-order chi connectivity index (χ0) is 12.6. The van der Waals surface area contributed by atoms with Crippen molar-refractivity contribution in [2.24, 2.45) is 5.92 Å². The molecule has 17 heavy (non-hydrogen) atoms. The molecule has 1 unspecified atom stereocenters.